The zero-order valence-electron chi connectivity index (χ0n) is 10.3. The summed E-state index contributed by atoms with van der Waals surface area (Å²) in [5.41, 5.74) is 1.26. The summed E-state index contributed by atoms with van der Waals surface area (Å²) in [6, 6.07) is 0.484. The number of aryl methyl sites for hydroxylation is 1. The number of aromatic nitrogens is 1. The van der Waals surface area contributed by atoms with Crippen molar-refractivity contribution >= 4 is 11.3 Å². The fourth-order valence-corrected chi connectivity index (χ4v) is 3.34. The van der Waals surface area contributed by atoms with Gasteiger partial charge in [-0.15, -0.1) is 11.3 Å². The minimum atomic E-state index is 0.484. The molecule has 1 unspecified atom stereocenters. The third-order valence-corrected chi connectivity index (χ3v) is 4.28. The molecule has 0 aromatic carbocycles. The average molecular weight is 238 g/mol. The highest BCUT2D eigenvalue weighted by molar-refractivity contribution is 7.09. The van der Waals surface area contributed by atoms with Crippen molar-refractivity contribution in [2.75, 3.05) is 6.54 Å². The van der Waals surface area contributed by atoms with E-state index in [0.29, 0.717) is 6.04 Å². The Morgan fingerprint density at radius 1 is 1.50 bits per heavy atom. The van der Waals surface area contributed by atoms with Crippen LogP contribution in [0, 0.1) is 12.8 Å². The fraction of sp³-hybridized carbons (Fsp3) is 0.769. The maximum atomic E-state index is 4.63. The first kappa shape index (κ1) is 12.1. The summed E-state index contributed by atoms with van der Waals surface area (Å²) < 4.78 is 0. The number of thiazole rings is 1. The number of hydrogen-bond acceptors (Lipinski definition) is 3. The standard InChI is InChI=1S/C13H22N2S/c1-3-14-12(8-11-6-4-5-7-11)13-9-16-10(2)15-13/h9,11-12,14H,3-8H2,1-2H3. The minimum Gasteiger partial charge on any atom is -0.309 e. The lowest BCUT2D eigenvalue weighted by molar-refractivity contribution is 0.396. The van der Waals surface area contributed by atoms with E-state index in [0.717, 1.165) is 12.5 Å². The Hall–Kier alpha value is -0.410. The molecule has 0 spiro atoms. The van der Waals surface area contributed by atoms with E-state index in [2.05, 4.69) is 29.5 Å². The average Bonchev–Trinajstić information content (AvgIpc) is 2.88. The fourth-order valence-electron chi connectivity index (χ4n) is 2.67. The molecule has 1 heterocycles. The molecule has 0 bridgehead atoms. The minimum absolute atomic E-state index is 0.484. The van der Waals surface area contributed by atoms with Crippen molar-refractivity contribution < 1.29 is 0 Å². The van der Waals surface area contributed by atoms with Crippen molar-refractivity contribution in [1.29, 1.82) is 0 Å². The molecule has 0 amide bonds. The van der Waals surface area contributed by atoms with E-state index in [1.54, 1.807) is 11.3 Å². The normalized spacial score (nSPS) is 19.1. The largest absolute Gasteiger partial charge is 0.309 e. The number of nitrogens with zero attached hydrogens (tertiary/aromatic N) is 1. The number of rotatable bonds is 5. The maximum Gasteiger partial charge on any atom is 0.0898 e. The molecule has 1 atom stereocenters. The van der Waals surface area contributed by atoms with Crippen molar-refractivity contribution in [1.82, 2.24) is 10.3 Å². The molecule has 1 fully saturated rings. The lowest BCUT2D eigenvalue weighted by atomic mass is 9.97. The Balaban J connectivity index is 1.98. The number of hydrogen-bond donors (Lipinski definition) is 1. The van der Waals surface area contributed by atoms with Crippen molar-refractivity contribution in [3.05, 3.63) is 16.1 Å². The van der Waals surface area contributed by atoms with Crippen LogP contribution in [0.15, 0.2) is 5.38 Å². The van der Waals surface area contributed by atoms with Crippen LogP contribution < -0.4 is 5.32 Å². The van der Waals surface area contributed by atoms with Crippen LogP contribution >= 0.6 is 11.3 Å². The summed E-state index contributed by atoms with van der Waals surface area (Å²) in [5, 5.41) is 6.99. The van der Waals surface area contributed by atoms with Gasteiger partial charge in [-0.1, -0.05) is 32.6 Å². The predicted molar refractivity (Wildman–Crippen MR) is 69.8 cm³/mol. The molecule has 0 saturated heterocycles. The van der Waals surface area contributed by atoms with E-state index in [1.165, 1.54) is 42.8 Å². The zero-order chi connectivity index (χ0) is 11.4. The maximum absolute atomic E-state index is 4.63. The molecular formula is C13H22N2S. The molecule has 16 heavy (non-hydrogen) atoms. The van der Waals surface area contributed by atoms with Gasteiger partial charge in [0.05, 0.1) is 16.7 Å². The number of nitrogens with one attached hydrogen (secondary N) is 1. The van der Waals surface area contributed by atoms with Crippen molar-refractivity contribution in [2.24, 2.45) is 5.92 Å². The summed E-state index contributed by atoms with van der Waals surface area (Å²) in [5.74, 6) is 0.922. The highest BCUT2D eigenvalue weighted by Crippen LogP contribution is 2.33. The first-order valence-corrected chi connectivity index (χ1v) is 7.33. The van der Waals surface area contributed by atoms with Gasteiger partial charge in [-0.3, -0.25) is 0 Å². The van der Waals surface area contributed by atoms with E-state index in [-0.39, 0.29) is 0 Å². The topological polar surface area (TPSA) is 24.9 Å². The summed E-state index contributed by atoms with van der Waals surface area (Å²) in [6.07, 6.45) is 6.98. The van der Waals surface area contributed by atoms with Crippen LogP contribution in [0.2, 0.25) is 0 Å². The Labute approximate surface area is 102 Å². The SMILES string of the molecule is CCNC(CC1CCCC1)c1csc(C)n1. The monoisotopic (exact) mass is 238 g/mol. The van der Waals surface area contributed by atoms with Crippen LogP contribution in [-0.2, 0) is 0 Å². The van der Waals surface area contributed by atoms with Gasteiger partial charge in [-0.25, -0.2) is 4.98 Å². The summed E-state index contributed by atoms with van der Waals surface area (Å²) in [4.78, 5) is 4.63. The van der Waals surface area contributed by atoms with Gasteiger partial charge in [-0.2, -0.15) is 0 Å². The molecule has 1 N–H and O–H groups in total. The molecule has 1 aliphatic rings. The summed E-state index contributed by atoms with van der Waals surface area (Å²) in [6.45, 7) is 5.31. The molecule has 1 aromatic heterocycles. The zero-order valence-corrected chi connectivity index (χ0v) is 11.1. The first-order valence-electron chi connectivity index (χ1n) is 6.45. The van der Waals surface area contributed by atoms with Crippen LogP contribution in [0.5, 0.6) is 0 Å². The van der Waals surface area contributed by atoms with Crippen LogP contribution in [0.25, 0.3) is 0 Å². The second-order valence-electron chi connectivity index (χ2n) is 4.79. The molecule has 2 rings (SSSR count). The van der Waals surface area contributed by atoms with Crippen molar-refractivity contribution in [3.63, 3.8) is 0 Å². The Bertz CT molecular complexity index is 315. The predicted octanol–water partition coefficient (Wildman–Crippen LogP) is 3.68. The molecule has 2 nitrogen and oxygen atoms in total. The smallest absolute Gasteiger partial charge is 0.0898 e. The van der Waals surface area contributed by atoms with Crippen LogP contribution in [0.4, 0.5) is 0 Å². The third kappa shape index (κ3) is 3.05. The Morgan fingerprint density at radius 2 is 2.25 bits per heavy atom. The highest BCUT2D eigenvalue weighted by atomic mass is 32.1. The van der Waals surface area contributed by atoms with Gasteiger partial charge in [0.15, 0.2) is 0 Å². The lowest BCUT2D eigenvalue weighted by Crippen LogP contribution is -2.23. The molecule has 90 valence electrons. The van der Waals surface area contributed by atoms with E-state index >= 15 is 0 Å². The third-order valence-electron chi connectivity index (χ3n) is 3.49. The molecule has 1 aliphatic carbocycles. The van der Waals surface area contributed by atoms with Gasteiger partial charge in [0.2, 0.25) is 0 Å². The molecule has 3 heteroatoms. The first-order chi connectivity index (χ1) is 7.79. The second-order valence-corrected chi connectivity index (χ2v) is 5.85. The van der Waals surface area contributed by atoms with Gasteiger partial charge in [0, 0.05) is 5.38 Å². The van der Waals surface area contributed by atoms with Gasteiger partial charge in [-0.05, 0) is 25.8 Å². The van der Waals surface area contributed by atoms with E-state index in [1.807, 2.05) is 0 Å². The van der Waals surface area contributed by atoms with Crippen molar-refractivity contribution in [2.45, 2.75) is 52.0 Å². The van der Waals surface area contributed by atoms with Crippen molar-refractivity contribution in [3.8, 4) is 0 Å². The van der Waals surface area contributed by atoms with Gasteiger partial charge < -0.3 is 5.32 Å². The molecule has 0 aliphatic heterocycles. The Morgan fingerprint density at radius 3 is 2.81 bits per heavy atom. The summed E-state index contributed by atoms with van der Waals surface area (Å²) >= 11 is 1.77. The van der Waals surface area contributed by atoms with Crippen LogP contribution in [0.3, 0.4) is 0 Å². The second kappa shape index (κ2) is 5.78. The molecular weight excluding hydrogens is 216 g/mol. The van der Waals surface area contributed by atoms with Crippen LogP contribution in [-0.4, -0.2) is 11.5 Å². The van der Waals surface area contributed by atoms with E-state index in [9.17, 15) is 0 Å². The van der Waals surface area contributed by atoms with Gasteiger partial charge in [0.25, 0.3) is 0 Å². The molecule has 1 aromatic rings. The van der Waals surface area contributed by atoms with Gasteiger partial charge in [0.1, 0.15) is 0 Å². The van der Waals surface area contributed by atoms with Gasteiger partial charge >= 0.3 is 0 Å². The molecule has 0 radical (unpaired) electrons. The highest BCUT2D eigenvalue weighted by Gasteiger charge is 2.22. The van der Waals surface area contributed by atoms with Crippen LogP contribution in [0.1, 0.15) is 55.8 Å². The van der Waals surface area contributed by atoms with E-state index in [4.69, 9.17) is 0 Å². The molecule has 1 saturated carbocycles. The lowest BCUT2D eigenvalue weighted by Gasteiger charge is -2.19. The van der Waals surface area contributed by atoms with E-state index < -0.39 is 0 Å². The Kier molecular flexibility index (Phi) is 4.36. The summed E-state index contributed by atoms with van der Waals surface area (Å²) in [7, 11) is 0. The quantitative estimate of drug-likeness (QED) is 0.846.